The molecule has 5 nitrogen and oxygen atoms in total. The molecule has 0 fully saturated rings. The van der Waals surface area contributed by atoms with Crippen molar-refractivity contribution in [2.45, 2.75) is 43.6 Å². The van der Waals surface area contributed by atoms with Gasteiger partial charge < -0.3 is 5.32 Å². The summed E-state index contributed by atoms with van der Waals surface area (Å²) in [6, 6.07) is 12.3. The first-order chi connectivity index (χ1) is 15.3. The number of carbonyl (C=O) groups excluding carboxylic acids is 1. The van der Waals surface area contributed by atoms with Crippen LogP contribution in [0.25, 0.3) is 0 Å². The molecule has 2 heterocycles. The Kier molecular flexibility index (Phi) is 5.12. The molecule has 164 valence electrons. The highest BCUT2D eigenvalue weighted by molar-refractivity contribution is 7.98. The van der Waals surface area contributed by atoms with Crippen LogP contribution in [-0.2, 0) is 10.5 Å². The van der Waals surface area contributed by atoms with Crippen molar-refractivity contribution in [3.8, 4) is 0 Å². The van der Waals surface area contributed by atoms with Gasteiger partial charge in [-0.3, -0.25) is 4.79 Å². The first-order valence-electron chi connectivity index (χ1n) is 10.4. The van der Waals surface area contributed by atoms with Crippen molar-refractivity contribution in [2.24, 2.45) is 5.41 Å². The molecule has 1 aliphatic heterocycles. The van der Waals surface area contributed by atoms with Crippen LogP contribution in [-0.4, -0.2) is 20.5 Å². The Bertz CT molecular complexity index is 1230. The summed E-state index contributed by atoms with van der Waals surface area (Å²) < 4.78 is 29.3. The number of carbonyl (C=O) groups is 1. The molecule has 0 amide bonds. The summed E-state index contributed by atoms with van der Waals surface area (Å²) in [5.41, 5.74) is 2.67. The van der Waals surface area contributed by atoms with E-state index >= 15 is 0 Å². The van der Waals surface area contributed by atoms with Crippen molar-refractivity contribution >= 4 is 23.5 Å². The number of aromatic nitrogens is 3. The maximum Gasteiger partial charge on any atom is 0.227 e. The topological polar surface area (TPSA) is 59.8 Å². The van der Waals surface area contributed by atoms with Crippen LogP contribution in [0.1, 0.15) is 43.9 Å². The largest absolute Gasteiger partial charge is 0.328 e. The molecule has 1 atom stereocenters. The molecule has 0 bridgehead atoms. The maximum atomic E-state index is 14.0. The summed E-state index contributed by atoms with van der Waals surface area (Å²) in [6.45, 7) is 4.14. The van der Waals surface area contributed by atoms with Gasteiger partial charge in [0.1, 0.15) is 17.7 Å². The zero-order valence-electron chi connectivity index (χ0n) is 17.7. The third-order valence-electron chi connectivity index (χ3n) is 5.81. The molecule has 1 aliphatic carbocycles. The molecular weight excluding hydrogens is 430 g/mol. The average molecular weight is 453 g/mol. The number of Topliss-reactive ketones (excluding diaryl/α,β-unsaturated/α-hetero) is 1. The molecule has 0 unspecified atom stereocenters. The van der Waals surface area contributed by atoms with Crippen molar-refractivity contribution in [2.75, 3.05) is 5.32 Å². The Hall–Kier alpha value is -3.00. The predicted molar refractivity (Wildman–Crippen MR) is 119 cm³/mol. The number of benzene rings is 2. The highest BCUT2D eigenvalue weighted by Crippen LogP contribution is 2.45. The Morgan fingerprint density at radius 2 is 1.88 bits per heavy atom. The van der Waals surface area contributed by atoms with Crippen LogP contribution in [0, 0.1) is 17.0 Å². The molecule has 0 radical (unpaired) electrons. The van der Waals surface area contributed by atoms with Gasteiger partial charge in [0, 0.05) is 23.4 Å². The van der Waals surface area contributed by atoms with Gasteiger partial charge in [-0.15, -0.1) is 5.10 Å². The summed E-state index contributed by atoms with van der Waals surface area (Å²) in [4.78, 5) is 17.8. The van der Waals surface area contributed by atoms with Crippen LogP contribution >= 0.6 is 11.8 Å². The molecule has 2 aromatic carbocycles. The number of ketones is 1. The van der Waals surface area contributed by atoms with E-state index in [-0.39, 0.29) is 22.8 Å². The van der Waals surface area contributed by atoms with Gasteiger partial charge in [-0.05, 0) is 41.2 Å². The maximum absolute atomic E-state index is 14.0. The highest BCUT2D eigenvalue weighted by atomic mass is 32.2. The Morgan fingerprint density at radius 1 is 1.12 bits per heavy atom. The number of anilines is 1. The number of thioether (sulfide) groups is 1. The molecule has 0 saturated carbocycles. The standard InChI is InChI=1S/C24H22F2N4OS/c1-24(2)11-18-20(19(31)12-24)21(14-7-9-16(25)10-8-14)30-22(27-18)28-23(29-30)32-13-15-5-3-4-6-17(15)26/h3-10,21H,11-13H2,1-2H3,(H,27,28,29)/t21-/m1/s1. The average Bonchev–Trinajstić information content (AvgIpc) is 3.14. The van der Waals surface area contributed by atoms with E-state index in [2.05, 4.69) is 29.2 Å². The van der Waals surface area contributed by atoms with Gasteiger partial charge in [0.2, 0.25) is 11.1 Å². The third kappa shape index (κ3) is 3.83. The van der Waals surface area contributed by atoms with Gasteiger partial charge in [-0.1, -0.05) is 55.9 Å². The van der Waals surface area contributed by atoms with E-state index in [1.807, 2.05) is 0 Å². The lowest BCUT2D eigenvalue weighted by Gasteiger charge is -2.38. The third-order valence-corrected chi connectivity index (χ3v) is 6.70. The second-order valence-electron chi connectivity index (χ2n) is 8.95. The second-order valence-corrected chi connectivity index (χ2v) is 9.90. The summed E-state index contributed by atoms with van der Waals surface area (Å²) in [6.07, 6.45) is 1.14. The minimum atomic E-state index is -0.485. The molecule has 1 N–H and O–H groups in total. The number of hydrogen-bond acceptors (Lipinski definition) is 5. The second kappa shape index (κ2) is 7.85. The van der Waals surface area contributed by atoms with Gasteiger partial charge in [0.05, 0.1) is 0 Å². The lowest BCUT2D eigenvalue weighted by Crippen LogP contribution is -2.36. The highest BCUT2D eigenvalue weighted by Gasteiger charge is 2.41. The van der Waals surface area contributed by atoms with Gasteiger partial charge in [0.25, 0.3) is 0 Å². The van der Waals surface area contributed by atoms with Gasteiger partial charge >= 0.3 is 0 Å². The molecule has 0 spiro atoms. The molecule has 32 heavy (non-hydrogen) atoms. The van der Waals surface area contributed by atoms with Crippen molar-refractivity contribution in [1.82, 2.24) is 14.8 Å². The van der Waals surface area contributed by atoms with Crippen molar-refractivity contribution in [3.05, 3.63) is 82.6 Å². The van der Waals surface area contributed by atoms with Crippen LogP contribution in [0.2, 0.25) is 0 Å². The fraction of sp³-hybridized carbons (Fsp3) is 0.292. The van der Waals surface area contributed by atoms with E-state index in [1.165, 1.54) is 30.0 Å². The van der Waals surface area contributed by atoms with Gasteiger partial charge in [-0.2, -0.15) is 4.98 Å². The van der Waals surface area contributed by atoms with E-state index < -0.39 is 6.04 Å². The van der Waals surface area contributed by atoms with Gasteiger partial charge in [0.15, 0.2) is 5.78 Å². The number of allylic oxidation sites excluding steroid dienone is 2. The van der Waals surface area contributed by atoms with E-state index in [1.54, 1.807) is 35.0 Å². The number of fused-ring (bicyclic) bond motifs is 1. The van der Waals surface area contributed by atoms with Crippen LogP contribution in [0.4, 0.5) is 14.7 Å². The zero-order chi connectivity index (χ0) is 22.5. The van der Waals surface area contributed by atoms with E-state index in [4.69, 9.17) is 0 Å². The van der Waals surface area contributed by atoms with E-state index in [0.717, 1.165) is 11.3 Å². The normalized spacial score (nSPS) is 19.4. The van der Waals surface area contributed by atoms with Crippen molar-refractivity contribution in [1.29, 1.82) is 0 Å². The van der Waals surface area contributed by atoms with Gasteiger partial charge in [-0.25, -0.2) is 13.5 Å². The Balaban J connectivity index is 1.53. The first kappa shape index (κ1) is 20.9. The summed E-state index contributed by atoms with van der Waals surface area (Å²) in [7, 11) is 0. The van der Waals surface area contributed by atoms with E-state index in [0.29, 0.717) is 40.8 Å². The minimum absolute atomic E-state index is 0.0554. The van der Waals surface area contributed by atoms with Crippen LogP contribution in [0.5, 0.6) is 0 Å². The quantitative estimate of drug-likeness (QED) is 0.529. The molecule has 8 heteroatoms. The summed E-state index contributed by atoms with van der Waals surface area (Å²) >= 11 is 1.33. The number of halogens is 2. The lowest BCUT2D eigenvalue weighted by atomic mass is 9.73. The lowest BCUT2D eigenvalue weighted by molar-refractivity contribution is -0.118. The number of hydrogen-bond donors (Lipinski definition) is 1. The van der Waals surface area contributed by atoms with Crippen molar-refractivity contribution in [3.63, 3.8) is 0 Å². The molecule has 3 aromatic rings. The SMILES string of the molecule is CC1(C)CC(=O)C2=C(C1)Nc1nc(SCc3ccccc3F)nn1[C@@H]2c1ccc(F)cc1. The molecular formula is C24H22F2N4OS. The zero-order valence-corrected chi connectivity index (χ0v) is 18.5. The van der Waals surface area contributed by atoms with Crippen LogP contribution in [0.15, 0.2) is 65.0 Å². The van der Waals surface area contributed by atoms with Crippen LogP contribution in [0.3, 0.4) is 0 Å². The Morgan fingerprint density at radius 3 is 2.62 bits per heavy atom. The fourth-order valence-electron chi connectivity index (χ4n) is 4.36. The number of rotatable bonds is 4. The molecule has 5 rings (SSSR count). The fourth-order valence-corrected chi connectivity index (χ4v) is 5.18. The first-order valence-corrected chi connectivity index (χ1v) is 11.4. The number of nitrogens with zero attached hydrogens (tertiary/aromatic N) is 3. The summed E-state index contributed by atoms with van der Waals surface area (Å²) in [5, 5.41) is 8.43. The molecule has 0 saturated heterocycles. The van der Waals surface area contributed by atoms with Crippen LogP contribution < -0.4 is 5.32 Å². The predicted octanol–water partition coefficient (Wildman–Crippen LogP) is 5.51. The molecule has 2 aliphatic rings. The molecule has 1 aromatic heterocycles. The minimum Gasteiger partial charge on any atom is -0.328 e. The monoisotopic (exact) mass is 452 g/mol. The van der Waals surface area contributed by atoms with Crippen molar-refractivity contribution < 1.29 is 13.6 Å². The number of nitrogens with one attached hydrogen (secondary N) is 1. The smallest absolute Gasteiger partial charge is 0.227 e. The summed E-state index contributed by atoms with van der Waals surface area (Å²) in [5.74, 6) is 0.361. The van der Waals surface area contributed by atoms with E-state index in [9.17, 15) is 13.6 Å². The Labute approximate surface area is 188 Å².